The minimum Gasteiger partial charge on any atom is -0.459 e. The fraction of sp³-hybridized carbons (Fsp3) is 0.222. The minimum absolute atomic E-state index is 0.108. The Morgan fingerprint density at radius 2 is 2.19 bits per heavy atom. The molecule has 1 aliphatic rings. The zero-order valence-corrected chi connectivity index (χ0v) is 16.3. The summed E-state index contributed by atoms with van der Waals surface area (Å²) in [5, 5.41) is 5.03. The lowest BCUT2D eigenvalue weighted by atomic mass is 10.1. The monoisotopic (exact) mass is 403 g/mol. The van der Waals surface area contributed by atoms with Crippen molar-refractivity contribution in [2.75, 3.05) is 15.9 Å². The smallest absolute Gasteiger partial charge is 0.293 e. The van der Waals surface area contributed by atoms with Crippen molar-refractivity contribution in [3.63, 3.8) is 0 Å². The van der Waals surface area contributed by atoms with E-state index in [1.165, 1.54) is 28.2 Å². The van der Waals surface area contributed by atoms with Crippen LogP contribution >= 0.6 is 11.3 Å². The van der Waals surface area contributed by atoms with Gasteiger partial charge in [0.25, 0.3) is 5.91 Å². The van der Waals surface area contributed by atoms with E-state index in [0.717, 1.165) is 22.5 Å². The molecule has 1 N–H and O–H groups in total. The van der Waals surface area contributed by atoms with Gasteiger partial charge in [-0.1, -0.05) is 6.07 Å². The highest BCUT2D eigenvalue weighted by molar-refractivity contribution is 7.92. The van der Waals surface area contributed by atoms with Gasteiger partial charge < -0.3 is 4.42 Å². The predicted octanol–water partition coefficient (Wildman–Crippen LogP) is 3.37. The Balaban J connectivity index is 1.58. The summed E-state index contributed by atoms with van der Waals surface area (Å²) in [4.78, 5) is 16.5. The van der Waals surface area contributed by atoms with E-state index < -0.39 is 10.0 Å². The van der Waals surface area contributed by atoms with Gasteiger partial charge in [0.15, 0.2) is 10.9 Å². The highest BCUT2D eigenvalue weighted by Crippen LogP contribution is 2.37. The van der Waals surface area contributed by atoms with E-state index in [2.05, 4.69) is 10.3 Å². The number of rotatable bonds is 4. The summed E-state index contributed by atoms with van der Waals surface area (Å²) >= 11 is 1.32. The molecule has 3 aromatic rings. The Bertz CT molecular complexity index is 1100. The molecule has 0 unspecified atom stereocenters. The van der Waals surface area contributed by atoms with Crippen LogP contribution in [0, 0.1) is 0 Å². The number of carbonyl (C=O) groups is 1. The number of anilines is 2. The molecule has 0 radical (unpaired) electrons. The molecule has 2 aromatic heterocycles. The molecule has 0 aliphatic carbocycles. The van der Waals surface area contributed by atoms with E-state index >= 15 is 0 Å². The largest absolute Gasteiger partial charge is 0.459 e. The number of nitrogens with one attached hydrogen (secondary N) is 1. The molecule has 0 saturated heterocycles. The van der Waals surface area contributed by atoms with Crippen molar-refractivity contribution < 1.29 is 17.6 Å². The van der Waals surface area contributed by atoms with Crippen LogP contribution in [0.4, 0.5) is 10.8 Å². The maximum atomic E-state index is 12.0. The van der Waals surface area contributed by atoms with Gasteiger partial charge in [-0.15, -0.1) is 11.3 Å². The zero-order valence-electron chi connectivity index (χ0n) is 14.7. The fourth-order valence-electron chi connectivity index (χ4n) is 3.30. The van der Waals surface area contributed by atoms with Crippen molar-refractivity contribution in [3.05, 3.63) is 53.3 Å². The summed E-state index contributed by atoms with van der Waals surface area (Å²) in [5.74, 6) is -0.133. The third kappa shape index (κ3) is 3.35. The number of hydrogen-bond donors (Lipinski definition) is 1. The van der Waals surface area contributed by atoms with E-state index in [4.69, 9.17) is 4.42 Å². The molecule has 1 aliphatic heterocycles. The molecule has 7 nitrogen and oxygen atoms in total. The third-order valence-electron chi connectivity index (χ3n) is 4.36. The lowest BCUT2D eigenvalue weighted by Crippen LogP contribution is -2.34. The number of benzene rings is 1. The number of amides is 1. The summed E-state index contributed by atoms with van der Waals surface area (Å²) in [5.41, 5.74) is 3.30. The van der Waals surface area contributed by atoms with Crippen LogP contribution in [0.3, 0.4) is 0 Å². The van der Waals surface area contributed by atoms with Crippen LogP contribution in [-0.4, -0.2) is 31.6 Å². The Kier molecular flexibility index (Phi) is 4.27. The topological polar surface area (TPSA) is 92.5 Å². The van der Waals surface area contributed by atoms with Crippen LogP contribution < -0.4 is 9.62 Å². The second-order valence-corrected chi connectivity index (χ2v) is 9.14. The molecule has 4 rings (SSSR count). The molecule has 1 aromatic carbocycles. The van der Waals surface area contributed by atoms with Gasteiger partial charge in [0.05, 0.1) is 23.9 Å². The molecule has 0 spiro atoms. The number of aromatic nitrogens is 1. The van der Waals surface area contributed by atoms with Gasteiger partial charge in [-0.05, 0) is 43.2 Å². The predicted molar refractivity (Wildman–Crippen MR) is 105 cm³/mol. The Labute approximate surface area is 160 Å². The van der Waals surface area contributed by atoms with E-state index in [0.29, 0.717) is 11.6 Å². The molecule has 0 saturated carbocycles. The number of fused-ring (bicyclic) bond motifs is 1. The van der Waals surface area contributed by atoms with Gasteiger partial charge in [0.1, 0.15) is 0 Å². The molecular formula is C18H17N3O4S2. The maximum absolute atomic E-state index is 12.0. The van der Waals surface area contributed by atoms with Gasteiger partial charge in [-0.3, -0.25) is 14.4 Å². The maximum Gasteiger partial charge on any atom is 0.293 e. The molecule has 0 bridgehead atoms. The van der Waals surface area contributed by atoms with Crippen LogP contribution in [0.1, 0.15) is 23.0 Å². The van der Waals surface area contributed by atoms with Gasteiger partial charge >= 0.3 is 0 Å². The number of carbonyl (C=O) groups excluding carboxylic acids is 1. The van der Waals surface area contributed by atoms with E-state index in [9.17, 15) is 13.2 Å². The van der Waals surface area contributed by atoms with Crippen LogP contribution in [0.5, 0.6) is 0 Å². The molecule has 9 heteroatoms. The molecule has 1 atom stereocenters. The first-order chi connectivity index (χ1) is 12.8. The zero-order chi connectivity index (χ0) is 19.2. The van der Waals surface area contributed by atoms with Gasteiger partial charge in [0, 0.05) is 17.0 Å². The highest BCUT2D eigenvalue weighted by Gasteiger charge is 2.32. The number of nitrogens with zero attached hydrogens (tertiary/aromatic N) is 2. The molecule has 3 heterocycles. The average molecular weight is 403 g/mol. The molecular weight excluding hydrogens is 386 g/mol. The lowest BCUT2D eigenvalue weighted by molar-refractivity contribution is 0.0996. The molecule has 27 heavy (non-hydrogen) atoms. The molecule has 0 fully saturated rings. The third-order valence-corrected chi connectivity index (χ3v) is 6.38. The standard InChI is InChI=1S/C18H17N3O4S2/c1-11-8-13-9-12(5-6-15(13)21(11)27(2,23)24)14-10-26-18(19-14)20-17(22)16-4-3-7-25-16/h3-7,9-11H,8H2,1-2H3,(H,19,20,22)/t11-/m0/s1. The van der Waals surface area contributed by atoms with Crippen molar-refractivity contribution in [2.45, 2.75) is 19.4 Å². The van der Waals surface area contributed by atoms with Gasteiger partial charge in [-0.25, -0.2) is 13.4 Å². The minimum atomic E-state index is -3.31. The molecule has 1 amide bonds. The molecule has 140 valence electrons. The normalized spacial score (nSPS) is 16.4. The fourth-order valence-corrected chi connectivity index (χ4v) is 5.28. The van der Waals surface area contributed by atoms with Crippen LogP contribution in [0.25, 0.3) is 11.3 Å². The summed E-state index contributed by atoms with van der Waals surface area (Å²) in [7, 11) is -3.31. The number of hydrogen-bond acceptors (Lipinski definition) is 6. The van der Waals surface area contributed by atoms with Crippen LogP contribution in [0.2, 0.25) is 0 Å². The SMILES string of the molecule is C[C@H]1Cc2cc(-c3csc(NC(=O)c4ccco4)n3)ccc2N1S(C)(=O)=O. The summed E-state index contributed by atoms with van der Waals surface area (Å²) in [6.07, 6.45) is 3.32. The first-order valence-corrected chi connectivity index (χ1v) is 11.0. The Morgan fingerprint density at radius 3 is 2.89 bits per heavy atom. The van der Waals surface area contributed by atoms with E-state index in [1.54, 1.807) is 12.1 Å². The summed E-state index contributed by atoms with van der Waals surface area (Å²) in [6, 6.07) is 8.75. The van der Waals surface area contributed by atoms with Crippen molar-refractivity contribution in [1.82, 2.24) is 4.98 Å². The number of furan rings is 1. The van der Waals surface area contributed by atoms with E-state index in [-0.39, 0.29) is 17.7 Å². The number of sulfonamides is 1. The first-order valence-electron chi connectivity index (χ1n) is 8.26. The average Bonchev–Trinajstić information content (AvgIpc) is 3.32. The quantitative estimate of drug-likeness (QED) is 0.721. The van der Waals surface area contributed by atoms with Crippen LogP contribution in [0.15, 0.2) is 46.4 Å². The van der Waals surface area contributed by atoms with Crippen molar-refractivity contribution in [3.8, 4) is 11.3 Å². The van der Waals surface area contributed by atoms with Gasteiger partial charge in [0.2, 0.25) is 10.0 Å². The second kappa shape index (κ2) is 6.50. The van der Waals surface area contributed by atoms with Gasteiger partial charge in [-0.2, -0.15) is 0 Å². The summed E-state index contributed by atoms with van der Waals surface area (Å²) < 4.78 is 30.6. The second-order valence-electron chi connectivity index (χ2n) is 6.42. The van der Waals surface area contributed by atoms with Crippen molar-refractivity contribution in [1.29, 1.82) is 0 Å². The van der Waals surface area contributed by atoms with E-state index in [1.807, 2.05) is 30.5 Å². The Hall–Kier alpha value is -2.65. The van der Waals surface area contributed by atoms with Crippen molar-refractivity contribution in [2.24, 2.45) is 0 Å². The first kappa shape index (κ1) is 17.7. The Morgan fingerprint density at radius 1 is 1.37 bits per heavy atom. The van der Waals surface area contributed by atoms with Crippen molar-refractivity contribution >= 4 is 38.1 Å². The highest BCUT2D eigenvalue weighted by atomic mass is 32.2. The summed E-state index contributed by atoms with van der Waals surface area (Å²) in [6.45, 7) is 1.89. The lowest BCUT2D eigenvalue weighted by Gasteiger charge is -2.21. The van der Waals surface area contributed by atoms with Crippen LogP contribution in [-0.2, 0) is 16.4 Å². The number of thiazole rings is 1.